The van der Waals surface area contributed by atoms with E-state index in [2.05, 4.69) is 6.58 Å². The van der Waals surface area contributed by atoms with Crippen LogP contribution in [0.5, 0.6) is 0 Å². The first kappa shape index (κ1) is 44.8. The fourth-order valence-corrected chi connectivity index (χ4v) is 9.62. The molecule has 0 bridgehead atoms. The maximum absolute atomic E-state index is 14.0. The molecule has 4 nitrogen and oxygen atoms in total. The molecule has 11 aromatic rings. The minimum absolute atomic E-state index is 0.472. The number of para-hydroxylation sites is 3. The van der Waals surface area contributed by atoms with Gasteiger partial charge in [0.2, 0.25) is 0 Å². The first-order valence-electron chi connectivity index (χ1n) is 22.6. The summed E-state index contributed by atoms with van der Waals surface area (Å²) in [6.07, 6.45) is -5.39. The van der Waals surface area contributed by atoms with E-state index in [0.717, 1.165) is 95.0 Å². The molecule has 0 radical (unpaired) electrons. The fraction of sp³-hybridized carbons (Fsp3) is 0.119. The number of fused-ring (bicyclic) bond motifs is 4. The van der Waals surface area contributed by atoms with E-state index in [4.69, 9.17) is 8.83 Å². The molecule has 0 fully saturated rings. The van der Waals surface area contributed by atoms with Crippen LogP contribution in [-0.2, 0) is 12.4 Å². The van der Waals surface area contributed by atoms with Gasteiger partial charge >= 0.3 is 12.4 Å². The molecule has 11 rings (SSSR count). The lowest BCUT2D eigenvalue weighted by Gasteiger charge is -2.29. The monoisotopic (exact) mass is 926 g/mol. The van der Waals surface area contributed by atoms with Gasteiger partial charge in [-0.3, -0.25) is 0 Å². The van der Waals surface area contributed by atoms with Gasteiger partial charge in [-0.1, -0.05) is 111 Å². The Kier molecular flexibility index (Phi) is 11.0. The summed E-state index contributed by atoms with van der Waals surface area (Å²) in [6.45, 7) is 13.9. The second-order valence-corrected chi connectivity index (χ2v) is 16.7. The van der Waals surface area contributed by atoms with Crippen molar-refractivity contribution in [3.63, 3.8) is 0 Å². The predicted molar refractivity (Wildman–Crippen MR) is 272 cm³/mol. The van der Waals surface area contributed by atoms with Gasteiger partial charge in [0.1, 0.15) is 11.3 Å². The highest BCUT2D eigenvalue weighted by Crippen LogP contribution is 2.51. The van der Waals surface area contributed by atoms with Crippen molar-refractivity contribution in [2.75, 3.05) is 9.80 Å². The van der Waals surface area contributed by atoms with Gasteiger partial charge in [0, 0.05) is 43.9 Å². The minimum Gasteiger partial charge on any atom is -0.454 e. The summed E-state index contributed by atoms with van der Waals surface area (Å²) in [7, 11) is 0. The number of nitrogens with zero attached hydrogens (tertiary/aromatic N) is 2. The minimum atomic E-state index is -4.55. The summed E-state index contributed by atoms with van der Waals surface area (Å²) in [5.74, 6) is 0.640. The van der Waals surface area contributed by atoms with Crippen LogP contribution in [0.1, 0.15) is 55.7 Å². The third-order valence-corrected chi connectivity index (χ3v) is 12.9. The SMILES string of the molecule is C=Cc1c(/C(C)=C\C)oc2c(N(c3ccc(C(F)(F)F)cc3)c3ccc4ccc5c(N(c6ccc(C(F)(F)F)cc6)c6cccc7c6oc6c(C)cccc67)ccc6ccc3c4c65)cccc12.CC. The Labute approximate surface area is 393 Å². The van der Waals surface area contributed by atoms with E-state index in [1.807, 2.05) is 154 Å². The largest absolute Gasteiger partial charge is 0.454 e. The number of rotatable bonds is 8. The summed E-state index contributed by atoms with van der Waals surface area (Å²) in [4.78, 5) is 3.87. The molecular formula is C59H44F6N2O2. The van der Waals surface area contributed by atoms with Crippen LogP contribution >= 0.6 is 0 Å². The normalized spacial score (nSPS) is 12.4. The molecule has 10 heteroatoms. The molecular weight excluding hydrogens is 883 g/mol. The van der Waals surface area contributed by atoms with Crippen molar-refractivity contribution in [3.8, 4) is 0 Å². The van der Waals surface area contributed by atoms with E-state index in [0.29, 0.717) is 51.1 Å². The molecule has 0 saturated heterocycles. The summed E-state index contributed by atoms with van der Waals surface area (Å²) in [5, 5.41) is 7.80. The molecule has 344 valence electrons. The Morgan fingerprint density at radius 1 is 0.493 bits per heavy atom. The number of hydrogen-bond donors (Lipinski definition) is 0. The maximum atomic E-state index is 14.0. The zero-order valence-electron chi connectivity index (χ0n) is 38.3. The van der Waals surface area contributed by atoms with Gasteiger partial charge < -0.3 is 18.6 Å². The fourth-order valence-electron chi connectivity index (χ4n) is 9.62. The zero-order valence-corrected chi connectivity index (χ0v) is 38.3. The van der Waals surface area contributed by atoms with Gasteiger partial charge in [-0.25, -0.2) is 0 Å². The molecule has 0 saturated carbocycles. The van der Waals surface area contributed by atoms with Crippen LogP contribution in [-0.4, -0.2) is 0 Å². The highest BCUT2D eigenvalue weighted by atomic mass is 19.4. The molecule has 0 spiro atoms. The van der Waals surface area contributed by atoms with Gasteiger partial charge in [0.15, 0.2) is 11.2 Å². The van der Waals surface area contributed by atoms with Crippen molar-refractivity contribution < 1.29 is 35.2 Å². The number of aryl methyl sites for hydroxylation is 1. The number of benzene rings is 9. The molecule has 0 N–H and O–H groups in total. The molecule has 69 heavy (non-hydrogen) atoms. The van der Waals surface area contributed by atoms with E-state index < -0.39 is 23.5 Å². The van der Waals surface area contributed by atoms with Gasteiger partial charge in [0.25, 0.3) is 0 Å². The molecule has 0 aliphatic carbocycles. The predicted octanol–water partition coefficient (Wildman–Crippen LogP) is 19.6. The Bertz CT molecular complexity index is 3780. The van der Waals surface area contributed by atoms with E-state index >= 15 is 0 Å². The third kappa shape index (κ3) is 7.33. The molecule has 0 atom stereocenters. The quantitative estimate of drug-likeness (QED) is 0.112. The molecule has 2 aromatic heterocycles. The third-order valence-electron chi connectivity index (χ3n) is 12.9. The van der Waals surface area contributed by atoms with Crippen molar-refractivity contribution >= 4 is 111 Å². The number of halogens is 6. The van der Waals surface area contributed by atoms with Crippen LogP contribution < -0.4 is 9.80 Å². The molecule has 0 unspecified atom stereocenters. The number of hydrogen-bond acceptors (Lipinski definition) is 4. The summed E-state index contributed by atoms with van der Waals surface area (Å²) in [6, 6.07) is 43.7. The second-order valence-electron chi connectivity index (χ2n) is 16.7. The zero-order chi connectivity index (χ0) is 48.5. The Hall–Kier alpha value is -7.98. The van der Waals surface area contributed by atoms with Gasteiger partial charge in [-0.05, 0) is 126 Å². The van der Waals surface area contributed by atoms with Crippen LogP contribution in [0.15, 0.2) is 173 Å². The van der Waals surface area contributed by atoms with Gasteiger partial charge in [0.05, 0.1) is 33.9 Å². The number of furan rings is 2. The van der Waals surface area contributed by atoms with Crippen LogP contribution in [0, 0.1) is 6.92 Å². The first-order chi connectivity index (χ1) is 33.2. The first-order valence-corrected chi connectivity index (χ1v) is 22.6. The summed E-state index contributed by atoms with van der Waals surface area (Å²) in [5.41, 5.74) is 6.50. The molecule has 0 aliphatic rings. The topological polar surface area (TPSA) is 32.8 Å². The van der Waals surface area contributed by atoms with Crippen LogP contribution in [0.25, 0.3) is 76.9 Å². The summed E-state index contributed by atoms with van der Waals surface area (Å²) >= 11 is 0. The Morgan fingerprint density at radius 3 is 1.39 bits per heavy atom. The van der Waals surface area contributed by atoms with E-state index in [1.165, 1.54) is 24.3 Å². The number of allylic oxidation sites excluding steroid dienone is 2. The number of alkyl halides is 6. The standard InChI is InChI=1S/C57H38F6N2O2.C2H6/c1-5-32(3)52-40(6-2)41-12-8-14-48(54(41)66-52)64(38-24-20-36(21-25-38)56(58,59)60)46-30-18-34-17-29-45-47(31-19-35-16-28-44(46)50(34)51(35)45)65(39-26-22-37(23-27-39)57(61,62)63)49-15-9-13-43-42-11-7-10-33(4)53(42)67-55(43)49;1-2/h5-31H,2H2,1,3-4H3;1-2H3/b32-5-;. The lowest BCUT2D eigenvalue weighted by atomic mass is 9.91. The van der Waals surface area contributed by atoms with Gasteiger partial charge in [-0.15, -0.1) is 0 Å². The van der Waals surface area contributed by atoms with E-state index in [-0.39, 0.29) is 0 Å². The van der Waals surface area contributed by atoms with E-state index in [9.17, 15) is 26.3 Å². The molecule has 0 amide bonds. The average Bonchev–Trinajstić information content (AvgIpc) is 3.95. The lowest BCUT2D eigenvalue weighted by molar-refractivity contribution is -0.138. The highest BCUT2D eigenvalue weighted by molar-refractivity contribution is 6.28. The van der Waals surface area contributed by atoms with Crippen LogP contribution in [0.3, 0.4) is 0 Å². The maximum Gasteiger partial charge on any atom is 0.416 e. The smallest absolute Gasteiger partial charge is 0.416 e. The van der Waals surface area contributed by atoms with Crippen LogP contribution in [0.2, 0.25) is 0 Å². The van der Waals surface area contributed by atoms with Gasteiger partial charge in [-0.2, -0.15) is 26.3 Å². The van der Waals surface area contributed by atoms with Crippen LogP contribution in [0.4, 0.5) is 60.5 Å². The Balaban J connectivity index is 0.00000273. The highest BCUT2D eigenvalue weighted by Gasteiger charge is 2.33. The summed E-state index contributed by atoms with van der Waals surface area (Å²) < 4.78 is 97.4. The van der Waals surface area contributed by atoms with E-state index in [1.54, 1.807) is 6.08 Å². The molecule has 9 aromatic carbocycles. The molecule has 2 heterocycles. The lowest BCUT2D eigenvalue weighted by Crippen LogP contribution is -2.13. The van der Waals surface area contributed by atoms with Crippen molar-refractivity contribution in [2.45, 2.75) is 47.0 Å². The van der Waals surface area contributed by atoms with Crippen molar-refractivity contribution in [2.24, 2.45) is 0 Å². The van der Waals surface area contributed by atoms with Crippen molar-refractivity contribution in [3.05, 3.63) is 192 Å². The Morgan fingerprint density at radius 2 is 0.928 bits per heavy atom. The number of anilines is 6. The average molecular weight is 927 g/mol. The second kappa shape index (κ2) is 17.0. The molecule has 0 aliphatic heterocycles. The van der Waals surface area contributed by atoms with Crippen molar-refractivity contribution in [1.29, 1.82) is 0 Å². The van der Waals surface area contributed by atoms with Crippen molar-refractivity contribution in [1.82, 2.24) is 0 Å².